The Morgan fingerprint density at radius 2 is 1.76 bits per heavy atom. The maximum atomic E-state index is 12.3. The number of carbonyl (C=O) groups is 3. The molecule has 180 valence electrons. The SMILES string of the molecule is CC1(C(=O)O)CN(C(=O)COCCNC(=O)OCC2c3ccccc3-c3ccccc32)CCO1. The fourth-order valence-corrected chi connectivity index (χ4v) is 4.34. The van der Waals surface area contributed by atoms with Crippen LogP contribution in [-0.2, 0) is 23.8 Å². The van der Waals surface area contributed by atoms with Crippen LogP contribution in [0.25, 0.3) is 11.1 Å². The van der Waals surface area contributed by atoms with Gasteiger partial charge in [0.2, 0.25) is 5.91 Å². The number of hydrogen-bond donors (Lipinski definition) is 2. The van der Waals surface area contributed by atoms with E-state index in [1.165, 1.54) is 11.8 Å². The number of morpholine rings is 1. The molecular weight excluding hydrogens is 440 g/mol. The highest BCUT2D eigenvalue weighted by molar-refractivity contribution is 5.81. The molecule has 2 aliphatic rings. The van der Waals surface area contributed by atoms with Gasteiger partial charge in [-0.2, -0.15) is 0 Å². The number of rotatable bonds is 8. The van der Waals surface area contributed by atoms with Crippen LogP contribution in [0.15, 0.2) is 48.5 Å². The molecular formula is C25H28N2O7. The van der Waals surface area contributed by atoms with Crippen LogP contribution in [0.4, 0.5) is 4.79 Å². The number of alkyl carbamates (subject to hydrolysis) is 1. The molecule has 1 fully saturated rings. The summed E-state index contributed by atoms with van der Waals surface area (Å²) in [5.41, 5.74) is 3.18. The summed E-state index contributed by atoms with van der Waals surface area (Å²) >= 11 is 0. The van der Waals surface area contributed by atoms with Crippen LogP contribution in [0, 0.1) is 0 Å². The topological polar surface area (TPSA) is 114 Å². The standard InChI is InChI=1S/C25H28N2O7/c1-25(23(29)30)16-27(11-13-34-25)22(28)15-32-12-10-26-24(31)33-14-21-19-8-4-2-6-17(19)18-7-3-5-9-20(18)21/h2-9,21H,10-16H2,1H3,(H,26,31)(H,29,30). The minimum absolute atomic E-state index is 0.0166. The molecule has 0 bridgehead atoms. The van der Waals surface area contributed by atoms with Crippen LogP contribution in [-0.4, -0.2) is 79.6 Å². The number of amides is 2. The Morgan fingerprint density at radius 3 is 2.41 bits per heavy atom. The van der Waals surface area contributed by atoms with Gasteiger partial charge in [-0.15, -0.1) is 0 Å². The summed E-state index contributed by atoms with van der Waals surface area (Å²) in [4.78, 5) is 37.2. The van der Waals surface area contributed by atoms with Gasteiger partial charge in [-0.25, -0.2) is 9.59 Å². The minimum Gasteiger partial charge on any atom is -0.479 e. The van der Waals surface area contributed by atoms with Gasteiger partial charge in [0.25, 0.3) is 0 Å². The van der Waals surface area contributed by atoms with Gasteiger partial charge < -0.3 is 29.5 Å². The van der Waals surface area contributed by atoms with Gasteiger partial charge >= 0.3 is 12.1 Å². The van der Waals surface area contributed by atoms with Crippen molar-refractivity contribution < 1.29 is 33.7 Å². The Balaban J connectivity index is 1.17. The molecule has 2 N–H and O–H groups in total. The van der Waals surface area contributed by atoms with Crippen LogP contribution in [0.1, 0.15) is 24.0 Å². The third-order valence-corrected chi connectivity index (χ3v) is 6.16. The number of nitrogens with one attached hydrogen (secondary N) is 1. The molecule has 1 atom stereocenters. The average Bonchev–Trinajstić information content (AvgIpc) is 3.16. The molecule has 1 heterocycles. The number of carboxylic acid groups (broad SMARTS) is 1. The highest BCUT2D eigenvalue weighted by Gasteiger charge is 2.40. The monoisotopic (exact) mass is 468 g/mol. The highest BCUT2D eigenvalue weighted by Crippen LogP contribution is 2.44. The maximum absolute atomic E-state index is 12.3. The molecule has 2 amide bonds. The van der Waals surface area contributed by atoms with E-state index >= 15 is 0 Å². The Hall–Kier alpha value is -3.43. The number of carbonyl (C=O) groups excluding carboxylic acids is 2. The zero-order valence-electron chi connectivity index (χ0n) is 19.0. The molecule has 0 saturated carbocycles. The molecule has 0 radical (unpaired) electrons. The lowest BCUT2D eigenvalue weighted by Crippen LogP contribution is -2.56. The zero-order valence-corrected chi connectivity index (χ0v) is 19.0. The summed E-state index contributed by atoms with van der Waals surface area (Å²) in [7, 11) is 0. The van der Waals surface area contributed by atoms with Crippen LogP contribution >= 0.6 is 0 Å². The van der Waals surface area contributed by atoms with E-state index in [2.05, 4.69) is 29.6 Å². The average molecular weight is 469 g/mol. The maximum Gasteiger partial charge on any atom is 0.407 e. The number of aliphatic carboxylic acids is 1. The van der Waals surface area contributed by atoms with Gasteiger partial charge in [-0.3, -0.25) is 4.79 Å². The van der Waals surface area contributed by atoms with Gasteiger partial charge in [0.05, 0.1) is 19.8 Å². The van der Waals surface area contributed by atoms with Crippen molar-refractivity contribution in [2.45, 2.75) is 18.4 Å². The minimum atomic E-state index is -1.42. The second-order valence-corrected chi connectivity index (χ2v) is 8.50. The van der Waals surface area contributed by atoms with E-state index in [0.717, 1.165) is 22.3 Å². The molecule has 4 rings (SSSR count). The van der Waals surface area contributed by atoms with Crippen LogP contribution in [0.5, 0.6) is 0 Å². The van der Waals surface area contributed by atoms with Crippen LogP contribution in [0.3, 0.4) is 0 Å². The lowest BCUT2D eigenvalue weighted by atomic mass is 9.98. The van der Waals surface area contributed by atoms with Crippen molar-refractivity contribution in [2.75, 3.05) is 46.1 Å². The summed E-state index contributed by atoms with van der Waals surface area (Å²) in [6.45, 7) is 2.18. The Bertz CT molecular complexity index is 1030. The summed E-state index contributed by atoms with van der Waals surface area (Å²) in [5.74, 6) is -1.45. The third kappa shape index (κ3) is 5.05. The first-order chi connectivity index (χ1) is 16.4. The Kier molecular flexibility index (Phi) is 7.14. The van der Waals surface area contributed by atoms with E-state index in [1.54, 1.807) is 0 Å². The smallest absolute Gasteiger partial charge is 0.407 e. The van der Waals surface area contributed by atoms with Gasteiger partial charge in [0, 0.05) is 19.0 Å². The molecule has 2 aromatic carbocycles. The third-order valence-electron chi connectivity index (χ3n) is 6.16. The van der Waals surface area contributed by atoms with Gasteiger partial charge in [0.1, 0.15) is 13.2 Å². The highest BCUT2D eigenvalue weighted by atomic mass is 16.6. The molecule has 34 heavy (non-hydrogen) atoms. The summed E-state index contributed by atoms with van der Waals surface area (Å²) in [6, 6.07) is 16.2. The van der Waals surface area contributed by atoms with E-state index in [1.807, 2.05) is 24.3 Å². The Morgan fingerprint density at radius 1 is 1.12 bits per heavy atom. The zero-order chi connectivity index (χ0) is 24.1. The van der Waals surface area contributed by atoms with E-state index in [9.17, 15) is 19.5 Å². The predicted molar refractivity (Wildman–Crippen MR) is 122 cm³/mol. The van der Waals surface area contributed by atoms with E-state index in [4.69, 9.17) is 14.2 Å². The lowest BCUT2D eigenvalue weighted by molar-refractivity contribution is -0.178. The lowest BCUT2D eigenvalue weighted by Gasteiger charge is -2.37. The van der Waals surface area contributed by atoms with Gasteiger partial charge in [0.15, 0.2) is 5.60 Å². The normalized spacial score (nSPS) is 19.3. The Labute approximate surface area is 197 Å². The van der Waals surface area contributed by atoms with Crippen molar-refractivity contribution >= 4 is 18.0 Å². The molecule has 1 saturated heterocycles. The van der Waals surface area contributed by atoms with Gasteiger partial charge in [-0.05, 0) is 29.2 Å². The van der Waals surface area contributed by atoms with Crippen molar-refractivity contribution in [1.82, 2.24) is 10.2 Å². The summed E-state index contributed by atoms with van der Waals surface area (Å²) in [5, 5.41) is 11.9. The van der Waals surface area contributed by atoms with Crippen LogP contribution < -0.4 is 5.32 Å². The van der Waals surface area contributed by atoms with Crippen molar-refractivity contribution in [3.05, 3.63) is 59.7 Å². The van der Waals surface area contributed by atoms with E-state index in [-0.39, 0.29) is 51.3 Å². The van der Waals surface area contributed by atoms with E-state index < -0.39 is 17.7 Å². The predicted octanol–water partition coefficient (Wildman–Crippen LogP) is 2.24. The molecule has 0 aromatic heterocycles. The van der Waals surface area contributed by atoms with Crippen molar-refractivity contribution in [3.8, 4) is 11.1 Å². The summed E-state index contributed by atoms with van der Waals surface area (Å²) < 4.78 is 16.1. The second-order valence-electron chi connectivity index (χ2n) is 8.50. The quantitative estimate of drug-likeness (QED) is 0.571. The first-order valence-electron chi connectivity index (χ1n) is 11.2. The number of hydrogen-bond acceptors (Lipinski definition) is 6. The number of fused-ring (bicyclic) bond motifs is 3. The van der Waals surface area contributed by atoms with Crippen molar-refractivity contribution in [3.63, 3.8) is 0 Å². The van der Waals surface area contributed by atoms with Crippen molar-refractivity contribution in [2.24, 2.45) is 0 Å². The number of nitrogens with zero attached hydrogens (tertiary/aromatic N) is 1. The molecule has 1 unspecified atom stereocenters. The molecule has 2 aromatic rings. The largest absolute Gasteiger partial charge is 0.479 e. The van der Waals surface area contributed by atoms with Gasteiger partial charge in [-0.1, -0.05) is 48.5 Å². The molecule has 1 aliphatic heterocycles. The fourth-order valence-electron chi connectivity index (χ4n) is 4.34. The molecule has 0 spiro atoms. The number of ether oxygens (including phenoxy) is 3. The second kappa shape index (κ2) is 10.2. The van der Waals surface area contributed by atoms with Crippen molar-refractivity contribution in [1.29, 1.82) is 0 Å². The van der Waals surface area contributed by atoms with Crippen LogP contribution in [0.2, 0.25) is 0 Å². The fraction of sp³-hybridized carbons (Fsp3) is 0.400. The summed E-state index contributed by atoms with van der Waals surface area (Å²) in [6.07, 6.45) is -0.554. The number of benzene rings is 2. The molecule has 1 aliphatic carbocycles. The van der Waals surface area contributed by atoms with E-state index in [0.29, 0.717) is 6.54 Å². The molecule has 9 nitrogen and oxygen atoms in total. The molecule has 9 heteroatoms. The first-order valence-corrected chi connectivity index (χ1v) is 11.2. The number of carboxylic acids is 1. The first kappa shape index (κ1) is 23.7.